The quantitative estimate of drug-likeness (QED) is 0.784. The second-order valence-electron chi connectivity index (χ2n) is 6.57. The Hall–Kier alpha value is -0.580. The van der Waals surface area contributed by atoms with E-state index < -0.39 is 10.0 Å². The molecule has 114 valence electrons. The van der Waals surface area contributed by atoms with Crippen LogP contribution in [-0.4, -0.2) is 30.2 Å². The Morgan fingerprint density at radius 1 is 1.05 bits per heavy atom. The zero-order valence-corrected chi connectivity index (χ0v) is 13.5. The highest BCUT2D eigenvalue weighted by Crippen LogP contribution is 2.41. The summed E-state index contributed by atoms with van der Waals surface area (Å²) < 4.78 is 27.8. The minimum atomic E-state index is -3.37. The molecule has 2 heterocycles. The normalized spacial score (nSPS) is 32.3. The van der Waals surface area contributed by atoms with Crippen LogP contribution < -0.4 is 0 Å². The first kappa shape index (κ1) is 14.0. The number of hydrogen-bond acceptors (Lipinski definition) is 2. The van der Waals surface area contributed by atoms with Gasteiger partial charge >= 0.3 is 0 Å². The van der Waals surface area contributed by atoms with Crippen LogP contribution in [0.2, 0.25) is 0 Å². The molecule has 0 aromatic heterocycles. The fraction of sp³-hybridized carbons (Fsp3) is 0.625. The molecule has 1 aromatic carbocycles. The van der Waals surface area contributed by atoms with Crippen molar-refractivity contribution < 1.29 is 8.42 Å². The van der Waals surface area contributed by atoms with E-state index in [0.717, 1.165) is 44.9 Å². The molecule has 0 N–H and O–H groups in total. The Kier molecular flexibility index (Phi) is 3.32. The summed E-state index contributed by atoms with van der Waals surface area (Å²) in [6, 6.07) is 5.91. The van der Waals surface area contributed by atoms with E-state index in [4.69, 9.17) is 11.6 Å². The summed E-state index contributed by atoms with van der Waals surface area (Å²) in [6.07, 6.45) is 6.73. The molecule has 2 bridgehead atoms. The molecule has 2 aliphatic heterocycles. The van der Waals surface area contributed by atoms with Crippen molar-refractivity contribution in [1.29, 1.82) is 0 Å². The van der Waals surface area contributed by atoms with Crippen molar-refractivity contribution in [2.45, 2.75) is 67.3 Å². The fourth-order valence-corrected chi connectivity index (χ4v) is 6.64. The summed E-state index contributed by atoms with van der Waals surface area (Å²) in [5.74, 6) is 0. The van der Waals surface area contributed by atoms with Gasteiger partial charge in [0.25, 0.3) is 0 Å². The molecular weight excluding hydrogens is 306 g/mol. The van der Waals surface area contributed by atoms with Crippen molar-refractivity contribution in [3.05, 3.63) is 29.3 Å². The molecule has 2 atom stereocenters. The second-order valence-corrected chi connectivity index (χ2v) is 9.03. The number of sulfonamides is 1. The largest absolute Gasteiger partial charge is 0.243 e. The van der Waals surface area contributed by atoms with E-state index in [1.807, 2.05) is 12.1 Å². The Morgan fingerprint density at radius 3 is 2.43 bits per heavy atom. The van der Waals surface area contributed by atoms with Gasteiger partial charge in [-0.2, -0.15) is 4.31 Å². The van der Waals surface area contributed by atoms with E-state index in [9.17, 15) is 8.42 Å². The average molecular weight is 326 g/mol. The molecular formula is C16H20ClNO2S. The molecule has 1 aliphatic carbocycles. The van der Waals surface area contributed by atoms with Crippen molar-refractivity contribution in [1.82, 2.24) is 4.31 Å². The number of fused-ring (bicyclic) bond motifs is 3. The number of halogens is 1. The lowest BCUT2D eigenvalue weighted by molar-refractivity contribution is 0.251. The van der Waals surface area contributed by atoms with Crippen LogP contribution in [0.4, 0.5) is 0 Å². The van der Waals surface area contributed by atoms with Gasteiger partial charge in [0.2, 0.25) is 10.0 Å². The Morgan fingerprint density at radius 2 is 1.71 bits per heavy atom. The second kappa shape index (κ2) is 4.97. The van der Waals surface area contributed by atoms with Gasteiger partial charge in [-0.05, 0) is 68.2 Å². The number of hydrogen-bond donors (Lipinski definition) is 0. The van der Waals surface area contributed by atoms with Crippen LogP contribution in [0, 0.1) is 0 Å². The molecule has 0 saturated carbocycles. The van der Waals surface area contributed by atoms with Crippen molar-refractivity contribution in [3.63, 3.8) is 0 Å². The van der Waals surface area contributed by atoms with E-state index in [1.54, 1.807) is 10.4 Å². The first-order valence-corrected chi connectivity index (χ1v) is 9.73. The number of aryl methyl sites for hydroxylation is 2. The molecule has 2 fully saturated rings. The molecule has 0 radical (unpaired) electrons. The van der Waals surface area contributed by atoms with Gasteiger partial charge in [0.05, 0.1) is 4.90 Å². The van der Waals surface area contributed by atoms with Gasteiger partial charge in [-0.1, -0.05) is 6.07 Å². The predicted molar refractivity (Wildman–Crippen MR) is 83.2 cm³/mol. The Labute approximate surface area is 131 Å². The third kappa shape index (κ3) is 2.23. The Bertz CT molecular complexity index is 659. The summed E-state index contributed by atoms with van der Waals surface area (Å²) in [5.41, 5.74) is 2.53. The number of benzene rings is 1. The lowest BCUT2D eigenvalue weighted by Crippen LogP contribution is -2.46. The zero-order chi connectivity index (χ0) is 14.6. The third-order valence-corrected chi connectivity index (χ3v) is 7.61. The molecule has 4 rings (SSSR count). The van der Waals surface area contributed by atoms with Crippen molar-refractivity contribution >= 4 is 21.6 Å². The van der Waals surface area contributed by atoms with Crippen molar-refractivity contribution in [3.8, 4) is 0 Å². The maximum absolute atomic E-state index is 13.0. The van der Waals surface area contributed by atoms with Crippen molar-refractivity contribution in [2.75, 3.05) is 0 Å². The van der Waals surface area contributed by atoms with E-state index in [0.29, 0.717) is 4.90 Å². The van der Waals surface area contributed by atoms with Crippen LogP contribution in [-0.2, 0) is 22.9 Å². The predicted octanol–water partition coefficient (Wildman–Crippen LogP) is 3.10. The van der Waals surface area contributed by atoms with Gasteiger partial charge in [0.1, 0.15) is 0 Å². The first-order chi connectivity index (χ1) is 10.1. The Balaban J connectivity index is 1.71. The number of rotatable bonds is 2. The van der Waals surface area contributed by atoms with Crippen LogP contribution in [0.25, 0.3) is 0 Å². The summed E-state index contributed by atoms with van der Waals surface area (Å²) >= 11 is 6.26. The maximum Gasteiger partial charge on any atom is 0.243 e. The minimum absolute atomic E-state index is 0.101. The summed E-state index contributed by atoms with van der Waals surface area (Å²) in [7, 11) is -3.37. The van der Waals surface area contributed by atoms with Gasteiger partial charge in [0.15, 0.2) is 0 Å². The van der Waals surface area contributed by atoms with E-state index in [2.05, 4.69) is 0 Å². The minimum Gasteiger partial charge on any atom is -0.207 e. The summed E-state index contributed by atoms with van der Waals surface area (Å²) in [6.45, 7) is 0. The topological polar surface area (TPSA) is 37.4 Å². The third-order valence-electron chi connectivity index (χ3n) is 5.25. The van der Waals surface area contributed by atoms with Crippen LogP contribution >= 0.6 is 11.6 Å². The highest BCUT2D eigenvalue weighted by atomic mass is 35.5. The maximum atomic E-state index is 13.0. The highest BCUT2D eigenvalue weighted by molar-refractivity contribution is 7.89. The molecule has 3 aliphatic rings. The molecule has 0 amide bonds. The van der Waals surface area contributed by atoms with Crippen molar-refractivity contribution in [2.24, 2.45) is 0 Å². The lowest BCUT2D eigenvalue weighted by atomic mass is 10.1. The van der Waals surface area contributed by atoms with Crippen LogP contribution in [0.1, 0.15) is 43.2 Å². The smallest absolute Gasteiger partial charge is 0.207 e. The van der Waals surface area contributed by atoms with Gasteiger partial charge in [0, 0.05) is 17.5 Å². The zero-order valence-electron chi connectivity index (χ0n) is 12.0. The average Bonchev–Trinajstić information content (AvgIpc) is 3.01. The van der Waals surface area contributed by atoms with Gasteiger partial charge in [-0.3, -0.25) is 0 Å². The SMILES string of the molecule is O=S(=O)(c1ccc2c(c1)CCC2)N1C2CCC1CC(Cl)C2. The van der Waals surface area contributed by atoms with Crippen LogP contribution in [0.15, 0.2) is 23.1 Å². The lowest BCUT2D eigenvalue weighted by Gasteiger charge is -2.35. The first-order valence-electron chi connectivity index (χ1n) is 7.85. The molecule has 2 saturated heterocycles. The molecule has 2 unspecified atom stereocenters. The summed E-state index contributed by atoms with van der Waals surface area (Å²) in [5, 5.41) is 0.133. The van der Waals surface area contributed by atoms with Crippen LogP contribution in [0.3, 0.4) is 0 Å². The molecule has 3 nitrogen and oxygen atoms in total. The number of alkyl halides is 1. The molecule has 21 heavy (non-hydrogen) atoms. The van der Waals surface area contributed by atoms with Crippen LogP contribution in [0.5, 0.6) is 0 Å². The van der Waals surface area contributed by atoms with Gasteiger partial charge in [-0.25, -0.2) is 8.42 Å². The standard InChI is InChI=1S/C16H20ClNO2S/c17-13-9-14-5-6-15(10-13)18(14)21(19,20)16-7-4-11-2-1-3-12(11)8-16/h4,7-8,13-15H,1-3,5-6,9-10H2. The van der Waals surface area contributed by atoms with Gasteiger partial charge in [-0.15, -0.1) is 11.6 Å². The molecule has 5 heteroatoms. The number of piperidine rings is 1. The van der Waals surface area contributed by atoms with Gasteiger partial charge < -0.3 is 0 Å². The summed E-state index contributed by atoms with van der Waals surface area (Å²) in [4.78, 5) is 0.480. The van der Waals surface area contributed by atoms with E-state index in [-0.39, 0.29) is 17.5 Å². The monoisotopic (exact) mass is 325 g/mol. The van der Waals surface area contributed by atoms with E-state index >= 15 is 0 Å². The highest BCUT2D eigenvalue weighted by Gasteiger charge is 2.46. The molecule has 1 aromatic rings. The number of nitrogens with zero attached hydrogens (tertiary/aromatic N) is 1. The fourth-order valence-electron chi connectivity index (χ4n) is 4.29. The van der Waals surface area contributed by atoms with E-state index in [1.165, 1.54) is 11.1 Å². The molecule has 0 spiro atoms.